The van der Waals surface area contributed by atoms with Crippen LogP contribution in [-0.4, -0.2) is 30.9 Å². The molecule has 0 fully saturated rings. The molecule has 2 atom stereocenters. The molecule has 2 aromatic carbocycles. The topological polar surface area (TPSA) is 84.5 Å². The zero-order valence-electron chi connectivity index (χ0n) is 17.1. The summed E-state index contributed by atoms with van der Waals surface area (Å²) in [6.45, 7) is 5.97. The molecule has 154 valence electrons. The maximum absolute atomic E-state index is 12.7. The molecule has 2 N–H and O–H groups in total. The molecule has 0 radical (unpaired) electrons. The first-order chi connectivity index (χ1) is 14.0. The Kier molecular flexibility index (Phi) is 8.40. The number of nitrogens with one attached hydrogen (secondary N) is 2. The van der Waals surface area contributed by atoms with Gasteiger partial charge in [0.1, 0.15) is 0 Å². The molecular formula is C23H28N2O4. The van der Waals surface area contributed by atoms with E-state index >= 15 is 0 Å². The number of benzene rings is 2. The maximum Gasteiger partial charge on any atom is 0.314 e. The van der Waals surface area contributed by atoms with Crippen LogP contribution in [0, 0.1) is 5.92 Å². The Hall–Kier alpha value is -3.15. The predicted molar refractivity (Wildman–Crippen MR) is 113 cm³/mol. The summed E-state index contributed by atoms with van der Waals surface area (Å²) in [6, 6.07) is 16.0. The van der Waals surface area contributed by atoms with Crippen LogP contribution in [0.5, 0.6) is 0 Å². The molecule has 0 spiro atoms. The molecule has 0 aromatic heterocycles. The summed E-state index contributed by atoms with van der Waals surface area (Å²) in [4.78, 5) is 36.8. The molecule has 0 bridgehead atoms. The van der Waals surface area contributed by atoms with Crippen molar-refractivity contribution in [3.05, 3.63) is 65.7 Å². The number of ether oxygens (including phenoxy) is 1. The van der Waals surface area contributed by atoms with Crippen LogP contribution < -0.4 is 10.6 Å². The lowest BCUT2D eigenvalue weighted by molar-refractivity contribution is -0.150. The van der Waals surface area contributed by atoms with Gasteiger partial charge in [0.05, 0.1) is 5.92 Å². The number of carbonyl (C=O) groups is 3. The third kappa shape index (κ3) is 6.45. The van der Waals surface area contributed by atoms with Crippen molar-refractivity contribution in [3.63, 3.8) is 0 Å². The Labute approximate surface area is 171 Å². The summed E-state index contributed by atoms with van der Waals surface area (Å²) < 4.78 is 5.30. The third-order valence-corrected chi connectivity index (χ3v) is 4.72. The second-order valence-electron chi connectivity index (χ2n) is 6.87. The van der Waals surface area contributed by atoms with Gasteiger partial charge in [0, 0.05) is 17.8 Å². The summed E-state index contributed by atoms with van der Waals surface area (Å²) in [5.41, 5.74) is 1.79. The fraction of sp³-hybridized carbons (Fsp3) is 0.348. The average molecular weight is 396 g/mol. The first-order valence-corrected chi connectivity index (χ1v) is 9.85. The number of hydrogen-bond acceptors (Lipinski definition) is 4. The van der Waals surface area contributed by atoms with Crippen molar-refractivity contribution < 1.29 is 19.1 Å². The Morgan fingerprint density at radius 1 is 1.00 bits per heavy atom. The second kappa shape index (κ2) is 11.0. The van der Waals surface area contributed by atoms with E-state index in [0.29, 0.717) is 17.8 Å². The van der Waals surface area contributed by atoms with Crippen molar-refractivity contribution in [2.75, 3.05) is 18.5 Å². The van der Waals surface area contributed by atoms with Crippen LogP contribution in [-0.2, 0) is 14.3 Å². The zero-order valence-corrected chi connectivity index (χ0v) is 17.1. The van der Waals surface area contributed by atoms with Crippen molar-refractivity contribution in [2.45, 2.75) is 33.1 Å². The number of esters is 1. The van der Waals surface area contributed by atoms with Crippen molar-refractivity contribution in [2.24, 2.45) is 5.92 Å². The summed E-state index contributed by atoms with van der Waals surface area (Å²) in [5, 5.41) is 5.37. The molecule has 0 unspecified atom stereocenters. The van der Waals surface area contributed by atoms with E-state index in [0.717, 1.165) is 12.0 Å². The highest BCUT2D eigenvalue weighted by Crippen LogP contribution is 2.28. The number of hydrogen-bond donors (Lipinski definition) is 2. The number of anilines is 1. The summed E-state index contributed by atoms with van der Waals surface area (Å²) in [5.74, 6) is -1.43. The van der Waals surface area contributed by atoms with Crippen LogP contribution in [0.2, 0.25) is 0 Å². The molecule has 29 heavy (non-hydrogen) atoms. The maximum atomic E-state index is 12.7. The molecule has 0 aliphatic carbocycles. The van der Waals surface area contributed by atoms with Gasteiger partial charge in [0.15, 0.2) is 6.61 Å². The minimum atomic E-state index is -0.456. The van der Waals surface area contributed by atoms with E-state index in [2.05, 4.69) is 10.6 Å². The van der Waals surface area contributed by atoms with E-state index in [1.807, 2.05) is 51.1 Å². The van der Waals surface area contributed by atoms with Crippen molar-refractivity contribution in [3.8, 4) is 0 Å². The Bertz CT molecular complexity index is 836. The largest absolute Gasteiger partial charge is 0.455 e. The van der Waals surface area contributed by atoms with Crippen molar-refractivity contribution >= 4 is 23.5 Å². The van der Waals surface area contributed by atoms with E-state index in [9.17, 15) is 14.4 Å². The molecule has 0 aliphatic rings. The molecule has 2 amide bonds. The summed E-state index contributed by atoms with van der Waals surface area (Å²) in [7, 11) is 0. The van der Waals surface area contributed by atoms with Crippen LogP contribution in [0.3, 0.4) is 0 Å². The molecule has 2 rings (SSSR count). The Morgan fingerprint density at radius 3 is 2.38 bits per heavy atom. The van der Waals surface area contributed by atoms with Crippen LogP contribution in [0.1, 0.15) is 49.0 Å². The average Bonchev–Trinajstić information content (AvgIpc) is 2.73. The van der Waals surface area contributed by atoms with Gasteiger partial charge >= 0.3 is 5.97 Å². The highest BCUT2D eigenvalue weighted by atomic mass is 16.5. The lowest BCUT2D eigenvalue weighted by atomic mass is 9.86. The highest BCUT2D eigenvalue weighted by Gasteiger charge is 2.27. The summed E-state index contributed by atoms with van der Waals surface area (Å²) in [6.07, 6.45) is 0.813. The molecule has 0 heterocycles. The standard InChI is InChI=1S/C23H28N2O4/c1-4-16(3)21(17-10-7-6-8-11-17)23(28)29-15-20(26)25-19-13-9-12-18(14-19)22(27)24-5-2/h6-14,16,21H,4-5,15H2,1-3H3,(H,24,27)(H,25,26)/t16-,21-/m1/s1. The predicted octanol–water partition coefficient (Wildman–Crippen LogP) is 3.75. The second-order valence-corrected chi connectivity index (χ2v) is 6.87. The molecule has 2 aromatic rings. The van der Waals surface area contributed by atoms with Crippen LogP contribution >= 0.6 is 0 Å². The van der Waals surface area contributed by atoms with E-state index in [4.69, 9.17) is 4.74 Å². The van der Waals surface area contributed by atoms with Gasteiger partial charge in [0.2, 0.25) is 0 Å². The van der Waals surface area contributed by atoms with Crippen LogP contribution in [0.4, 0.5) is 5.69 Å². The molecule has 6 nitrogen and oxygen atoms in total. The van der Waals surface area contributed by atoms with Gasteiger partial charge in [-0.1, -0.05) is 56.7 Å². The molecular weight excluding hydrogens is 368 g/mol. The van der Waals surface area contributed by atoms with Gasteiger partial charge in [-0.25, -0.2) is 0 Å². The Balaban J connectivity index is 1.98. The monoisotopic (exact) mass is 396 g/mol. The van der Waals surface area contributed by atoms with E-state index < -0.39 is 17.8 Å². The SMILES string of the molecule is CCNC(=O)c1cccc(NC(=O)COC(=O)[C@@H](c2ccccc2)[C@H](C)CC)c1. The zero-order chi connectivity index (χ0) is 21.2. The van der Waals surface area contributed by atoms with E-state index in [1.165, 1.54) is 0 Å². The fourth-order valence-electron chi connectivity index (χ4n) is 3.02. The van der Waals surface area contributed by atoms with Crippen LogP contribution in [0.25, 0.3) is 0 Å². The normalized spacial score (nSPS) is 12.5. The molecule has 0 saturated heterocycles. The minimum absolute atomic E-state index is 0.0849. The quantitative estimate of drug-likeness (QED) is 0.632. The van der Waals surface area contributed by atoms with Gasteiger partial charge in [-0.3, -0.25) is 14.4 Å². The molecule has 0 saturated carbocycles. The molecule has 6 heteroatoms. The van der Waals surface area contributed by atoms with Gasteiger partial charge in [-0.2, -0.15) is 0 Å². The van der Waals surface area contributed by atoms with E-state index in [1.54, 1.807) is 24.3 Å². The fourth-order valence-corrected chi connectivity index (χ4v) is 3.02. The lowest BCUT2D eigenvalue weighted by Gasteiger charge is -2.21. The lowest BCUT2D eigenvalue weighted by Crippen LogP contribution is -2.27. The first kappa shape index (κ1) is 22.1. The smallest absolute Gasteiger partial charge is 0.314 e. The van der Waals surface area contributed by atoms with Crippen LogP contribution in [0.15, 0.2) is 54.6 Å². The first-order valence-electron chi connectivity index (χ1n) is 9.85. The van der Waals surface area contributed by atoms with Gasteiger partial charge < -0.3 is 15.4 Å². The molecule has 0 aliphatic heterocycles. The van der Waals surface area contributed by atoms with Gasteiger partial charge in [-0.15, -0.1) is 0 Å². The number of amides is 2. The summed E-state index contributed by atoms with van der Waals surface area (Å²) >= 11 is 0. The number of rotatable bonds is 9. The van der Waals surface area contributed by atoms with Crippen molar-refractivity contribution in [1.29, 1.82) is 0 Å². The van der Waals surface area contributed by atoms with Gasteiger partial charge in [-0.05, 0) is 36.6 Å². The third-order valence-electron chi connectivity index (χ3n) is 4.72. The Morgan fingerprint density at radius 2 is 1.72 bits per heavy atom. The van der Waals surface area contributed by atoms with Gasteiger partial charge in [0.25, 0.3) is 11.8 Å². The number of carbonyl (C=O) groups excluding carboxylic acids is 3. The van der Waals surface area contributed by atoms with E-state index in [-0.39, 0.29) is 18.4 Å². The minimum Gasteiger partial charge on any atom is -0.455 e. The van der Waals surface area contributed by atoms with Crippen molar-refractivity contribution in [1.82, 2.24) is 5.32 Å². The highest BCUT2D eigenvalue weighted by molar-refractivity contribution is 5.97.